The lowest BCUT2D eigenvalue weighted by Gasteiger charge is -2.28. The smallest absolute Gasteiger partial charge is 0.119 e. The Morgan fingerprint density at radius 3 is 3.00 bits per heavy atom. The topological polar surface area (TPSA) is 38.3 Å². The van der Waals surface area contributed by atoms with Gasteiger partial charge in [-0.2, -0.15) is 0 Å². The summed E-state index contributed by atoms with van der Waals surface area (Å²) in [6.07, 6.45) is 5.26. The molecule has 1 N–H and O–H groups in total. The number of rotatable bonds is 5. The van der Waals surface area contributed by atoms with Gasteiger partial charge in [-0.25, -0.2) is 0 Å². The molecule has 0 heterocycles. The maximum atomic E-state index is 11.4. The first-order valence-corrected chi connectivity index (χ1v) is 8.46. The number of nitrogens with one attached hydrogen (secondary N) is 1. The van der Waals surface area contributed by atoms with Crippen LogP contribution in [0.15, 0.2) is 18.2 Å². The molecule has 3 unspecified atom stereocenters. The molecule has 1 aliphatic rings. The Morgan fingerprint density at radius 2 is 2.32 bits per heavy atom. The van der Waals surface area contributed by atoms with Crippen molar-refractivity contribution in [3.05, 3.63) is 29.3 Å². The van der Waals surface area contributed by atoms with Crippen LogP contribution in [0.5, 0.6) is 5.75 Å². The maximum absolute atomic E-state index is 11.4. The molecule has 106 valence electrons. The van der Waals surface area contributed by atoms with Crippen molar-refractivity contribution in [1.82, 2.24) is 5.32 Å². The monoisotopic (exact) mass is 281 g/mol. The Kier molecular flexibility index (Phi) is 4.99. The van der Waals surface area contributed by atoms with Crippen molar-refractivity contribution in [3.63, 3.8) is 0 Å². The Balaban J connectivity index is 2.10. The Morgan fingerprint density at radius 1 is 1.53 bits per heavy atom. The molecule has 0 saturated carbocycles. The summed E-state index contributed by atoms with van der Waals surface area (Å²) < 4.78 is 16.7. The summed E-state index contributed by atoms with van der Waals surface area (Å²) in [6, 6.07) is 6.71. The molecule has 0 amide bonds. The van der Waals surface area contributed by atoms with Gasteiger partial charge in [0.15, 0.2) is 0 Å². The maximum Gasteiger partial charge on any atom is 0.119 e. The number of ether oxygens (including phenoxy) is 1. The number of hydrogen-bond donors (Lipinski definition) is 1. The highest BCUT2D eigenvalue weighted by molar-refractivity contribution is 7.84. The molecule has 19 heavy (non-hydrogen) atoms. The predicted molar refractivity (Wildman–Crippen MR) is 80.2 cm³/mol. The SMILES string of the molecule is COc1ccc2c(c1)C(NCC(C)S(C)=O)CCC2. The van der Waals surface area contributed by atoms with E-state index in [4.69, 9.17) is 4.74 Å². The summed E-state index contributed by atoms with van der Waals surface area (Å²) in [5.74, 6) is 0.916. The van der Waals surface area contributed by atoms with Crippen LogP contribution in [-0.4, -0.2) is 29.4 Å². The van der Waals surface area contributed by atoms with Gasteiger partial charge in [0.05, 0.1) is 7.11 Å². The second-order valence-corrected chi connectivity index (χ2v) is 7.03. The minimum atomic E-state index is -0.766. The summed E-state index contributed by atoms with van der Waals surface area (Å²) in [7, 11) is 0.938. The quantitative estimate of drug-likeness (QED) is 0.901. The molecule has 4 heteroatoms. The van der Waals surface area contributed by atoms with Crippen molar-refractivity contribution in [1.29, 1.82) is 0 Å². The van der Waals surface area contributed by atoms with E-state index < -0.39 is 10.8 Å². The van der Waals surface area contributed by atoms with Gasteiger partial charge in [-0.15, -0.1) is 0 Å². The van der Waals surface area contributed by atoms with Crippen LogP contribution in [0.1, 0.15) is 36.9 Å². The third-order valence-corrected chi connectivity index (χ3v) is 5.19. The van der Waals surface area contributed by atoms with Crippen molar-refractivity contribution in [2.45, 2.75) is 37.5 Å². The minimum Gasteiger partial charge on any atom is -0.497 e. The van der Waals surface area contributed by atoms with E-state index in [0.717, 1.165) is 25.1 Å². The molecule has 0 aromatic heterocycles. The van der Waals surface area contributed by atoms with Gasteiger partial charge < -0.3 is 10.1 Å². The molecule has 0 spiro atoms. The van der Waals surface area contributed by atoms with Crippen LogP contribution in [0, 0.1) is 0 Å². The van der Waals surface area contributed by atoms with Gasteiger partial charge in [0.2, 0.25) is 0 Å². The molecular formula is C15H23NO2S. The van der Waals surface area contributed by atoms with Gasteiger partial charge in [0.25, 0.3) is 0 Å². The van der Waals surface area contributed by atoms with Crippen LogP contribution in [0.4, 0.5) is 0 Å². The van der Waals surface area contributed by atoms with Gasteiger partial charge >= 0.3 is 0 Å². The second-order valence-electron chi connectivity index (χ2n) is 5.23. The van der Waals surface area contributed by atoms with Crippen molar-refractivity contribution >= 4 is 10.8 Å². The zero-order valence-electron chi connectivity index (χ0n) is 11.9. The zero-order chi connectivity index (χ0) is 13.8. The Labute approximate surface area is 118 Å². The fourth-order valence-corrected chi connectivity index (χ4v) is 2.87. The van der Waals surface area contributed by atoms with Crippen LogP contribution >= 0.6 is 0 Å². The van der Waals surface area contributed by atoms with Gasteiger partial charge in [-0.1, -0.05) is 6.07 Å². The van der Waals surface area contributed by atoms with Crippen LogP contribution in [-0.2, 0) is 17.2 Å². The van der Waals surface area contributed by atoms with E-state index in [1.807, 2.05) is 13.0 Å². The average Bonchev–Trinajstić information content (AvgIpc) is 2.43. The van der Waals surface area contributed by atoms with Gasteiger partial charge in [0.1, 0.15) is 5.75 Å². The molecule has 1 aromatic carbocycles. The predicted octanol–water partition coefficient (Wildman–Crippen LogP) is 2.43. The largest absolute Gasteiger partial charge is 0.497 e. The van der Waals surface area contributed by atoms with Crippen molar-refractivity contribution in [2.75, 3.05) is 19.9 Å². The van der Waals surface area contributed by atoms with E-state index in [0.29, 0.717) is 6.04 Å². The Bertz CT molecular complexity index is 461. The zero-order valence-corrected chi connectivity index (χ0v) is 12.8. The molecule has 1 aliphatic carbocycles. The first-order chi connectivity index (χ1) is 9.11. The molecule has 0 aliphatic heterocycles. The number of fused-ring (bicyclic) bond motifs is 1. The molecule has 0 saturated heterocycles. The number of hydrogen-bond acceptors (Lipinski definition) is 3. The van der Waals surface area contributed by atoms with Crippen LogP contribution in [0.25, 0.3) is 0 Å². The minimum absolute atomic E-state index is 0.191. The average molecular weight is 281 g/mol. The van der Waals surface area contributed by atoms with E-state index >= 15 is 0 Å². The molecule has 2 rings (SSSR count). The van der Waals surface area contributed by atoms with Crippen molar-refractivity contribution in [3.8, 4) is 5.75 Å². The molecule has 1 aromatic rings. The normalized spacial score (nSPS) is 21.5. The molecular weight excluding hydrogens is 258 g/mol. The summed E-state index contributed by atoms with van der Waals surface area (Å²) >= 11 is 0. The van der Waals surface area contributed by atoms with Gasteiger partial charge in [0, 0.05) is 34.9 Å². The highest BCUT2D eigenvalue weighted by atomic mass is 32.2. The number of methoxy groups -OCH3 is 1. The first kappa shape index (κ1) is 14.5. The van der Waals surface area contributed by atoms with Crippen LogP contribution < -0.4 is 10.1 Å². The lowest BCUT2D eigenvalue weighted by molar-refractivity contribution is 0.409. The Hall–Kier alpha value is -0.870. The van der Waals surface area contributed by atoms with E-state index in [2.05, 4.69) is 17.4 Å². The third kappa shape index (κ3) is 3.57. The second kappa shape index (κ2) is 6.53. The molecule has 3 atom stereocenters. The summed E-state index contributed by atoms with van der Waals surface area (Å²) in [4.78, 5) is 0. The van der Waals surface area contributed by atoms with Crippen LogP contribution in [0.2, 0.25) is 0 Å². The van der Waals surface area contributed by atoms with Gasteiger partial charge in [-0.05, 0) is 49.4 Å². The number of benzene rings is 1. The van der Waals surface area contributed by atoms with E-state index in [-0.39, 0.29) is 5.25 Å². The fourth-order valence-electron chi connectivity index (χ4n) is 2.54. The van der Waals surface area contributed by atoms with E-state index in [1.165, 1.54) is 17.5 Å². The third-order valence-electron chi connectivity index (χ3n) is 3.89. The van der Waals surface area contributed by atoms with Crippen molar-refractivity contribution in [2.24, 2.45) is 0 Å². The summed E-state index contributed by atoms with van der Waals surface area (Å²) in [5.41, 5.74) is 2.76. The molecule has 0 fully saturated rings. The number of aryl methyl sites for hydroxylation is 1. The van der Waals surface area contributed by atoms with E-state index in [9.17, 15) is 4.21 Å². The highest BCUT2D eigenvalue weighted by Crippen LogP contribution is 2.32. The van der Waals surface area contributed by atoms with Gasteiger partial charge in [-0.3, -0.25) is 4.21 Å². The molecule has 0 bridgehead atoms. The molecule has 0 radical (unpaired) electrons. The standard InChI is InChI=1S/C15H23NO2S/c1-11(19(3)17)10-16-15-6-4-5-12-7-8-13(18-2)9-14(12)15/h7-9,11,15-16H,4-6,10H2,1-3H3. The lowest BCUT2D eigenvalue weighted by Crippen LogP contribution is -2.32. The molecule has 3 nitrogen and oxygen atoms in total. The van der Waals surface area contributed by atoms with Crippen molar-refractivity contribution < 1.29 is 8.95 Å². The highest BCUT2D eigenvalue weighted by Gasteiger charge is 2.21. The summed E-state index contributed by atoms with van der Waals surface area (Å²) in [6.45, 7) is 2.82. The fraction of sp³-hybridized carbons (Fsp3) is 0.600. The summed E-state index contributed by atoms with van der Waals surface area (Å²) in [5, 5.41) is 3.75. The van der Waals surface area contributed by atoms with E-state index in [1.54, 1.807) is 13.4 Å². The lowest BCUT2D eigenvalue weighted by atomic mass is 9.87. The first-order valence-electron chi connectivity index (χ1n) is 6.84. The van der Waals surface area contributed by atoms with Crippen LogP contribution in [0.3, 0.4) is 0 Å².